The van der Waals surface area contributed by atoms with E-state index in [4.69, 9.17) is 33.5 Å². The largest absolute Gasteiger partial charge is 0.466 e. The van der Waals surface area contributed by atoms with Gasteiger partial charge in [0.15, 0.2) is 3.95 Å². The number of nitrogens with zero attached hydrogens (tertiary/aromatic N) is 4. The van der Waals surface area contributed by atoms with Crippen LogP contribution in [0.1, 0.15) is 37.6 Å². The Kier molecular flexibility index (Phi) is 5.80. The van der Waals surface area contributed by atoms with Crippen LogP contribution in [0.2, 0.25) is 5.02 Å². The topological polar surface area (TPSA) is 43.2 Å². The summed E-state index contributed by atoms with van der Waals surface area (Å²) in [5, 5.41) is 7.13. The third kappa shape index (κ3) is 4.51. The van der Waals surface area contributed by atoms with Gasteiger partial charge in [0, 0.05) is 24.0 Å². The third-order valence-corrected chi connectivity index (χ3v) is 7.19. The van der Waals surface area contributed by atoms with Crippen molar-refractivity contribution in [3.8, 4) is 5.19 Å². The van der Waals surface area contributed by atoms with Crippen molar-refractivity contribution in [1.29, 1.82) is 0 Å². The second kappa shape index (κ2) is 8.13. The SMILES string of the molecule is CC(C)Oc1nn(CN2CCC(c3nc4cc(Cl)ccc4s3)CC2)c(=S)s1. The van der Waals surface area contributed by atoms with Gasteiger partial charge in [-0.15, -0.1) is 16.4 Å². The smallest absolute Gasteiger partial charge is 0.293 e. The van der Waals surface area contributed by atoms with Crippen LogP contribution in [-0.2, 0) is 6.67 Å². The minimum absolute atomic E-state index is 0.110. The molecule has 1 aliphatic heterocycles. The number of halogens is 1. The van der Waals surface area contributed by atoms with Crippen LogP contribution in [0.4, 0.5) is 0 Å². The number of piperidine rings is 1. The van der Waals surface area contributed by atoms with E-state index in [0.29, 0.717) is 11.1 Å². The molecule has 2 aromatic heterocycles. The van der Waals surface area contributed by atoms with Gasteiger partial charge in [-0.2, -0.15) is 0 Å². The molecular formula is C18H21ClN4OS3. The van der Waals surface area contributed by atoms with Crippen molar-refractivity contribution in [2.24, 2.45) is 0 Å². The molecule has 9 heteroatoms. The summed E-state index contributed by atoms with van der Waals surface area (Å²) in [7, 11) is 0. The lowest BCUT2D eigenvalue weighted by atomic mass is 9.98. The molecule has 27 heavy (non-hydrogen) atoms. The molecule has 0 spiro atoms. The minimum atomic E-state index is 0.110. The van der Waals surface area contributed by atoms with Crippen LogP contribution in [0.5, 0.6) is 5.19 Å². The number of hydrogen-bond donors (Lipinski definition) is 0. The predicted octanol–water partition coefficient (Wildman–Crippen LogP) is 5.56. The van der Waals surface area contributed by atoms with Crippen molar-refractivity contribution >= 4 is 56.7 Å². The normalized spacial score (nSPS) is 16.4. The molecule has 0 N–H and O–H groups in total. The first-order chi connectivity index (χ1) is 13.0. The fraction of sp³-hybridized carbons (Fsp3) is 0.500. The first-order valence-electron chi connectivity index (χ1n) is 9.01. The zero-order valence-electron chi connectivity index (χ0n) is 15.2. The fourth-order valence-electron chi connectivity index (χ4n) is 3.23. The Bertz CT molecular complexity index is 988. The lowest BCUT2D eigenvalue weighted by Crippen LogP contribution is -2.34. The number of benzene rings is 1. The maximum atomic E-state index is 6.09. The quantitative estimate of drug-likeness (QED) is 0.486. The number of likely N-dealkylation sites (tertiary alicyclic amines) is 1. The fourth-order valence-corrected chi connectivity index (χ4v) is 5.56. The first kappa shape index (κ1) is 19.3. The van der Waals surface area contributed by atoms with Gasteiger partial charge >= 0.3 is 0 Å². The molecule has 0 amide bonds. The lowest BCUT2D eigenvalue weighted by Gasteiger charge is -2.30. The molecule has 0 atom stereocenters. The van der Waals surface area contributed by atoms with Crippen LogP contribution >= 0.6 is 46.5 Å². The van der Waals surface area contributed by atoms with Crippen LogP contribution in [-0.4, -0.2) is 38.9 Å². The van der Waals surface area contributed by atoms with E-state index < -0.39 is 0 Å². The molecular weight excluding hydrogens is 420 g/mol. The van der Waals surface area contributed by atoms with E-state index in [1.807, 2.05) is 30.7 Å². The van der Waals surface area contributed by atoms with Gasteiger partial charge in [-0.25, -0.2) is 9.67 Å². The molecule has 5 nitrogen and oxygen atoms in total. The van der Waals surface area contributed by atoms with Gasteiger partial charge < -0.3 is 4.74 Å². The molecule has 0 bridgehead atoms. The molecule has 0 radical (unpaired) electrons. The van der Waals surface area contributed by atoms with Gasteiger partial charge in [0.1, 0.15) is 0 Å². The summed E-state index contributed by atoms with van der Waals surface area (Å²) in [4.78, 5) is 7.22. The highest BCUT2D eigenvalue weighted by Gasteiger charge is 2.24. The van der Waals surface area contributed by atoms with E-state index in [1.54, 1.807) is 11.3 Å². The molecule has 4 rings (SSSR count). The molecule has 0 saturated carbocycles. The third-order valence-electron chi connectivity index (χ3n) is 4.56. The summed E-state index contributed by atoms with van der Waals surface area (Å²) < 4.78 is 9.51. The van der Waals surface area contributed by atoms with Gasteiger partial charge in [-0.1, -0.05) is 11.6 Å². The van der Waals surface area contributed by atoms with E-state index in [9.17, 15) is 0 Å². The van der Waals surface area contributed by atoms with Gasteiger partial charge in [0.05, 0.1) is 28.0 Å². The Morgan fingerprint density at radius 3 is 2.81 bits per heavy atom. The van der Waals surface area contributed by atoms with Crippen LogP contribution in [0.25, 0.3) is 10.2 Å². The van der Waals surface area contributed by atoms with Gasteiger partial charge in [0.2, 0.25) is 0 Å². The van der Waals surface area contributed by atoms with Gasteiger partial charge in [0.25, 0.3) is 5.19 Å². The summed E-state index contributed by atoms with van der Waals surface area (Å²) >= 11 is 14.7. The standard InChI is InChI=1S/C18H21ClN4OS3/c1-11(2)24-17-21-23(18(25)27-17)10-22-7-5-12(6-8-22)16-20-14-9-13(19)3-4-15(14)26-16/h3-4,9,11-12H,5-8,10H2,1-2H3. The Morgan fingerprint density at radius 1 is 1.30 bits per heavy atom. The summed E-state index contributed by atoms with van der Waals surface area (Å²) in [6.07, 6.45) is 2.30. The second-order valence-corrected chi connectivity index (χ2v) is 10.1. The highest BCUT2D eigenvalue weighted by atomic mass is 35.5. The Hall–Kier alpha value is -1.06. The summed E-state index contributed by atoms with van der Waals surface area (Å²) in [6.45, 7) is 6.74. The van der Waals surface area contributed by atoms with Crippen molar-refractivity contribution in [1.82, 2.24) is 19.7 Å². The van der Waals surface area contributed by atoms with Crippen molar-refractivity contribution < 1.29 is 4.74 Å². The van der Waals surface area contributed by atoms with Gasteiger partial charge in [-0.05, 0) is 68.4 Å². The number of thiazole rings is 1. The lowest BCUT2D eigenvalue weighted by molar-refractivity contribution is 0.157. The van der Waals surface area contributed by atoms with Crippen molar-refractivity contribution in [3.63, 3.8) is 0 Å². The van der Waals surface area contributed by atoms with Crippen molar-refractivity contribution in [3.05, 3.63) is 32.2 Å². The van der Waals surface area contributed by atoms with E-state index in [2.05, 4.69) is 16.1 Å². The summed E-state index contributed by atoms with van der Waals surface area (Å²) in [6, 6.07) is 5.95. The average molecular weight is 441 g/mol. The maximum Gasteiger partial charge on any atom is 0.293 e. The van der Waals surface area contributed by atoms with E-state index in [-0.39, 0.29) is 6.10 Å². The van der Waals surface area contributed by atoms with Crippen molar-refractivity contribution in [2.45, 2.75) is 45.4 Å². The average Bonchev–Trinajstić information content (AvgIpc) is 3.18. The molecule has 144 valence electrons. The summed E-state index contributed by atoms with van der Waals surface area (Å²) in [5.74, 6) is 0.515. The number of rotatable bonds is 5. The molecule has 3 aromatic rings. The molecule has 3 heterocycles. The Morgan fingerprint density at radius 2 is 2.07 bits per heavy atom. The molecule has 0 aliphatic carbocycles. The second-order valence-electron chi connectivity index (χ2n) is 7.00. The molecule has 1 saturated heterocycles. The van der Waals surface area contributed by atoms with E-state index in [1.165, 1.54) is 21.0 Å². The number of ether oxygens (including phenoxy) is 1. The van der Waals surface area contributed by atoms with Crippen LogP contribution in [0.15, 0.2) is 18.2 Å². The zero-order valence-corrected chi connectivity index (χ0v) is 18.4. The molecule has 0 unspecified atom stereocenters. The van der Waals surface area contributed by atoms with Crippen LogP contribution in [0.3, 0.4) is 0 Å². The first-order valence-corrected chi connectivity index (χ1v) is 11.4. The van der Waals surface area contributed by atoms with E-state index >= 15 is 0 Å². The maximum absolute atomic E-state index is 6.09. The molecule has 1 fully saturated rings. The number of aromatic nitrogens is 3. The highest BCUT2D eigenvalue weighted by Crippen LogP contribution is 2.34. The molecule has 1 aromatic carbocycles. The van der Waals surface area contributed by atoms with Crippen LogP contribution < -0.4 is 4.74 Å². The predicted molar refractivity (Wildman–Crippen MR) is 115 cm³/mol. The van der Waals surface area contributed by atoms with Crippen LogP contribution in [0, 0.1) is 3.95 Å². The van der Waals surface area contributed by atoms with E-state index in [0.717, 1.165) is 47.1 Å². The minimum Gasteiger partial charge on any atom is -0.466 e. The summed E-state index contributed by atoms with van der Waals surface area (Å²) in [5.41, 5.74) is 1.01. The number of fused-ring (bicyclic) bond motifs is 1. The van der Waals surface area contributed by atoms with Gasteiger partial charge in [-0.3, -0.25) is 4.90 Å². The Labute approximate surface area is 176 Å². The van der Waals surface area contributed by atoms with Crippen molar-refractivity contribution in [2.75, 3.05) is 13.1 Å². The monoisotopic (exact) mass is 440 g/mol. The molecule has 1 aliphatic rings. The highest BCUT2D eigenvalue weighted by molar-refractivity contribution is 7.73. The Balaban J connectivity index is 1.38. The number of hydrogen-bond acceptors (Lipinski definition) is 7. The zero-order chi connectivity index (χ0) is 19.0.